The summed E-state index contributed by atoms with van der Waals surface area (Å²) in [5.41, 5.74) is 4.62. The number of benzene rings is 2. The summed E-state index contributed by atoms with van der Waals surface area (Å²) in [6.45, 7) is 4.20. The van der Waals surface area contributed by atoms with Crippen LogP contribution in [-0.2, 0) is 0 Å². The second kappa shape index (κ2) is 5.83. The third-order valence-electron chi connectivity index (χ3n) is 3.32. The Morgan fingerprint density at radius 2 is 1.48 bits per heavy atom. The fraction of sp³-hybridized carbons (Fsp3) is 0.167. The molecule has 0 aliphatic heterocycles. The van der Waals surface area contributed by atoms with Crippen molar-refractivity contribution in [2.24, 2.45) is 0 Å². The minimum atomic E-state index is 0.376. The Morgan fingerprint density at radius 1 is 0.857 bits per heavy atom. The van der Waals surface area contributed by atoms with Crippen LogP contribution < -0.4 is 5.32 Å². The zero-order valence-corrected chi connectivity index (χ0v) is 12.3. The molecule has 1 heterocycles. The first-order valence-corrected chi connectivity index (χ1v) is 7.20. The Labute approximate surface area is 125 Å². The summed E-state index contributed by atoms with van der Waals surface area (Å²) in [5.74, 6) is 0.882. The van der Waals surface area contributed by atoms with E-state index in [1.54, 1.807) is 0 Å². The number of nitrogens with one attached hydrogen (secondary N) is 2. The molecule has 21 heavy (non-hydrogen) atoms. The van der Waals surface area contributed by atoms with Crippen LogP contribution in [0.25, 0.3) is 22.4 Å². The molecular formula is C18H19N3. The van der Waals surface area contributed by atoms with Crippen LogP contribution >= 0.6 is 0 Å². The maximum atomic E-state index is 4.28. The van der Waals surface area contributed by atoms with E-state index in [4.69, 9.17) is 0 Å². The summed E-state index contributed by atoms with van der Waals surface area (Å²) < 4.78 is 0. The van der Waals surface area contributed by atoms with Gasteiger partial charge in [0.05, 0.1) is 5.69 Å². The highest BCUT2D eigenvalue weighted by atomic mass is 15.2. The standard InChI is InChI=1S/C18H19N3/c1-13(2)19-18-12-17(20-21-18)16-10-8-15(9-11-16)14-6-4-3-5-7-14/h3-13H,1-2H3,(H2,19,20,21). The summed E-state index contributed by atoms with van der Waals surface area (Å²) >= 11 is 0. The third kappa shape index (κ3) is 3.14. The summed E-state index contributed by atoms with van der Waals surface area (Å²) in [4.78, 5) is 0. The molecule has 2 N–H and O–H groups in total. The van der Waals surface area contributed by atoms with E-state index in [1.165, 1.54) is 11.1 Å². The molecule has 0 unspecified atom stereocenters. The molecule has 3 rings (SSSR count). The lowest BCUT2D eigenvalue weighted by atomic mass is 10.0. The lowest BCUT2D eigenvalue weighted by Crippen LogP contribution is -2.09. The average Bonchev–Trinajstić information content (AvgIpc) is 2.96. The molecule has 0 amide bonds. The van der Waals surface area contributed by atoms with E-state index in [-0.39, 0.29) is 0 Å². The molecule has 3 aromatic rings. The number of anilines is 1. The summed E-state index contributed by atoms with van der Waals surface area (Å²) in [6, 6.07) is 21.3. The largest absolute Gasteiger partial charge is 0.366 e. The van der Waals surface area contributed by atoms with Gasteiger partial charge in [-0.3, -0.25) is 5.10 Å². The van der Waals surface area contributed by atoms with Crippen molar-refractivity contribution in [1.29, 1.82) is 0 Å². The molecule has 0 radical (unpaired) electrons. The van der Waals surface area contributed by atoms with Gasteiger partial charge in [-0.25, -0.2) is 0 Å². The topological polar surface area (TPSA) is 40.7 Å². The Morgan fingerprint density at radius 3 is 2.14 bits per heavy atom. The molecular weight excluding hydrogens is 258 g/mol. The van der Waals surface area contributed by atoms with Crippen LogP contribution in [0.2, 0.25) is 0 Å². The molecule has 0 atom stereocenters. The van der Waals surface area contributed by atoms with E-state index in [0.29, 0.717) is 6.04 Å². The lowest BCUT2D eigenvalue weighted by Gasteiger charge is -2.04. The van der Waals surface area contributed by atoms with E-state index in [1.807, 2.05) is 12.1 Å². The van der Waals surface area contributed by atoms with Gasteiger partial charge in [-0.2, -0.15) is 5.10 Å². The molecule has 2 aromatic carbocycles. The minimum absolute atomic E-state index is 0.376. The summed E-state index contributed by atoms with van der Waals surface area (Å²) in [5, 5.41) is 10.6. The number of hydrogen-bond acceptors (Lipinski definition) is 2. The van der Waals surface area contributed by atoms with Gasteiger partial charge < -0.3 is 5.32 Å². The van der Waals surface area contributed by atoms with Crippen LogP contribution in [0, 0.1) is 0 Å². The van der Waals surface area contributed by atoms with Gasteiger partial charge in [-0.05, 0) is 30.5 Å². The van der Waals surface area contributed by atoms with Crippen molar-refractivity contribution < 1.29 is 0 Å². The van der Waals surface area contributed by atoms with Crippen molar-refractivity contribution in [1.82, 2.24) is 10.2 Å². The maximum absolute atomic E-state index is 4.28. The van der Waals surface area contributed by atoms with Gasteiger partial charge in [0, 0.05) is 12.1 Å². The Hall–Kier alpha value is -2.55. The van der Waals surface area contributed by atoms with Crippen LogP contribution in [0.5, 0.6) is 0 Å². The zero-order chi connectivity index (χ0) is 14.7. The Balaban J connectivity index is 1.82. The van der Waals surface area contributed by atoms with Gasteiger partial charge >= 0.3 is 0 Å². The molecule has 0 bridgehead atoms. The maximum Gasteiger partial charge on any atom is 0.148 e. The minimum Gasteiger partial charge on any atom is -0.366 e. The van der Waals surface area contributed by atoms with Gasteiger partial charge in [0.15, 0.2) is 0 Å². The van der Waals surface area contributed by atoms with Crippen molar-refractivity contribution in [3.05, 3.63) is 60.7 Å². The van der Waals surface area contributed by atoms with Gasteiger partial charge in [0.2, 0.25) is 0 Å². The van der Waals surface area contributed by atoms with Crippen molar-refractivity contribution in [3.8, 4) is 22.4 Å². The molecule has 0 spiro atoms. The number of aromatic amines is 1. The molecule has 3 heteroatoms. The third-order valence-corrected chi connectivity index (χ3v) is 3.32. The first-order chi connectivity index (χ1) is 10.2. The predicted molar refractivity (Wildman–Crippen MR) is 88.2 cm³/mol. The van der Waals surface area contributed by atoms with E-state index >= 15 is 0 Å². The molecule has 0 aliphatic carbocycles. The fourth-order valence-electron chi connectivity index (χ4n) is 2.31. The van der Waals surface area contributed by atoms with Gasteiger partial charge in [0.1, 0.15) is 5.82 Å². The molecule has 106 valence electrons. The number of H-pyrrole nitrogens is 1. The lowest BCUT2D eigenvalue weighted by molar-refractivity contribution is 0.884. The Bertz CT molecular complexity index is 697. The van der Waals surface area contributed by atoms with Crippen molar-refractivity contribution in [2.75, 3.05) is 5.32 Å². The van der Waals surface area contributed by atoms with Crippen LogP contribution in [0.4, 0.5) is 5.82 Å². The molecule has 1 aromatic heterocycles. The SMILES string of the molecule is CC(C)Nc1cc(-c2ccc(-c3ccccc3)cc2)[nH]n1. The van der Waals surface area contributed by atoms with E-state index in [2.05, 4.69) is 77.9 Å². The molecule has 0 aliphatic rings. The smallest absolute Gasteiger partial charge is 0.148 e. The summed E-state index contributed by atoms with van der Waals surface area (Å²) in [7, 11) is 0. The van der Waals surface area contributed by atoms with Gasteiger partial charge in [-0.1, -0.05) is 54.6 Å². The monoisotopic (exact) mass is 277 g/mol. The van der Waals surface area contributed by atoms with Crippen molar-refractivity contribution in [2.45, 2.75) is 19.9 Å². The van der Waals surface area contributed by atoms with Crippen LogP contribution in [0.1, 0.15) is 13.8 Å². The quantitative estimate of drug-likeness (QED) is 0.733. The van der Waals surface area contributed by atoms with Crippen molar-refractivity contribution >= 4 is 5.82 Å². The number of nitrogens with zero attached hydrogens (tertiary/aromatic N) is 1. The predicted octanol–water partition coefficient (Wildman–Crippen LogP) is 4.56. The fourth-order valence-corrected chi connectivity index (χ4v) is 2.31. The first-order valence-electron chi connectivity index (χ1n) is 7.20. The van der Waals surface area contributed by atoms with E-state index in [0.717, 1.165) is 17.1 Å². The van der Waals surface area contributed by atoms with E-state index < -0.39 is 0 Å². The molecule has 3 nitrogen and oxygen atoms in total. The number of aromatic nitrogens is 2. The van der Waals surface area contributed by atoms with Gasteiger partial charge in [-0.15, -0.1) is 0 Å². The highest BCUT2D eigenvalue weighted by molar-refractivity contribution is 5.69. The number of rotatable bonds is 4. The van der Waals surface area contributed by atoms with Gasteiger partial charge in [0.25, 0.3) is 0 Å². The highest BCUT2D eigenvalue weighted by Gasteiger charge is 2.05. The molecule has 0 saturated heterocycles. The highest BCUT2D eigenvalue weighted by Crippen LogP contribution is 2.24. The summed E-state index contributed by atoms with van der Waals surface area (Å²) in [6.07, 6.45) is 0. The average molecular weight is 277 g/mol. The normalized spacial score (nSPS) is 10.8. The molecule has 0 fully saturated rings. The second-order valence-electron chi connectivity index (χ2n) is 5.41. The van der Waals surface area contributed by atoms with Crippen LogP contribution in [0.15, 0.2) is 60.7 Å². The first kappa shape index (κ1) is 13.4. The van der Waals surface area contributed by atoms with Crippen LogP contribution in [0.3, 0.4) is 0 Å². The number of hydrogen-bond donors (Lipinski definition) is 2. The zero-order valence-electron chi connectivity index (χ0n) is 12.3. The van der Waals surface area contributed by atoms with Crippen LogP contribution in [-0.4, -0.2) is 16.2 Å². The van der Waals surface area contributed by atoms with E-state index in [9.17, 15) is 0 Å². The Kier molecular flexibility index (Phi) is 3.73. The van der Waals surface area contributed by atoms with Crippen molar-refractivity contribution in [3.63, 3.8) is 0 Å². The second-order valence-corrected chi connectivity index (χ2v) is 5.41. The molecule has 0 saturated carbocycles.